The molecule has 0 spiro atoms. The van der Waals surface area contributed by atoms with E-state index in [4.69, 9.17) is 4.74 Å². The van der Waals surface area contributed by atoms with Gasteiger partial charge in [0.15, 0.2) is 0 Å². The number of imidazole rings is 1. The van der Waals surface area contributed by atoms with Crippen molar-refractivity contribution in [2.75, 3.05) is 19.4 Å². The Morgan fingerprint density at radius 3 is 2.65 bits per heavy atom. The van der Waals surface area contributed by atoms with Crippen molar-refractivity contribution < 1.29 is 13.2 Å². The van der Waals surface area contributed by atoms with Crippen molar-refractivity contribution in [2.24, 2.45) is 0 Å². The van der Waals surface area contributed by atoms with E-state index in [1.54, 1.807) is 6.20 Å². The van der Waals surface area contributed by atoms with Crippen molar-refractivity contribution in [3.63, 3.8) is 0 Å². The Hall–Kier alpha value is -1.70. The summed E-state index contributed by atoms with van der Waals surface area (Å²) in [7, 11) is -3.38. The van der Waals surface area contributed by atoms with Crippen molar-refractivity contribution in [1.29, 1.82) is 0 Å². The number of aromatic nitrogens is 2. The van der Waals surface area contributed by atoms with Crippen LogP contribution in [0.5, 0.6) is 0 Å². The minimum Gasteiger partial charge on any atom is -0.376 e. The summed E-state index contributed by atoms with van der Waals surface area (Å²) in [6, 6.07) is 10.3. The van der Waals surface area contributed by atoms with Crippen molar-refractivity contribution >= 4 is 9.84 Å². The van der Waals surface area contributed by atoms with Crippen LogP contribution in [0, 0.1) is 0 Å². The molecule has 0 amide bonds. The van der Waals surface area contributed by atoms with E-state index in [1.807, 2.05) is 22.8 Å². The van der Waals surface area contributed by atoms with Gasteiger partial charge in [-0.2, -0.15) is 0 Å². The van der Waals surface area contributed by atoms with Gasteiger partial charge in [0.05, 0.1) is 24.5 Å². The molecule has 3 rings (SSSR count). The van der Waals surface area contributed by atoms with Gasteiger partial charge < -0.3 is 9.30 Å². The molecule has 1 fully saturated rings. The van der Waals surface area contributed by atoms with Crippen LogP contribution in [0.25, 0.3) is 0 Å². The largest absolute Gasteiger partial charge is 0.376 e. The summed E-state index contributed by atoms with van der Waals surface area (Å²) >= 11 is 0. The molecule has 26 heavy (non-hydrogen) atoms. The lowest BCUT2D eigenvalue weighted by molar-refractivity contribution is 0.0932. The number of hydrogen-bond acceptors (Lipinski definition) is 5. The van der Waals surface area contributed by atoms with E-state index in [0.717, 1.165) is 38.2 Å². The minimum atomic E-state index is -3.38. The zero-order valence-electron chi connectivity index (χ0n) is 15.5. The Labute approximate surface area is 155 Å². The fourth-order valence-corrected chi connectivity index (χ4v) is 4.19. The van der Waals surface area contributed by atoms with Crippen LogP contribution in [-0.2, 0) is 34.2 Å². The average Bonchev–Trinajstić information content (AvgIpc) is 3.25. The van der Waals surface area contributed by atoms with Crippen molar-refractivity contribution in [2.45, 2.75) is 50.7 Å². The lowest BCUT2D eigenvalue weighted by Gasteiger charge is -2.22. The highest BCUT2D eigenvalue weighted by atomic mass is 32.2. The minimum absolute atomic E-state index is 0.0626. The second-order valence-electron chi connectivity index (χ2n) is 6.84. The van der Waals surface area contributed by atoms with Crippen molar-refractivity contribution in [1.82, 2.24) is 14.5 Å². The van der Waals surface area contributed by atoms with Gasteiger partial charge in [-0.15, -0.1) is 0 Å². The second kappa shape index (κ2) is 8.33. The van der Waals surface area contributed by atoms with Crippen LogP contribution in [0.15, 0.2) is 41.7 Å². The van der Waals surface area contributed by atoms with Gasteiger partial charge in [-0.25, -0.2) is 13.4 Å². The first-order valence-electron chi connectivity index (χ1n) is 9.09. The molecule has 2 aromatic rings. The molecule has 0 radical (unpaired) electrons. The van der Waals surface area contributed by atoms with Gasteiger partial charge in [0.1, 0.15) is 0 Å². The normalized spacial score (nSPS) is 17.9. The quantitative estimate of drug-likeness (QED) is 0.707. The van der Waals surface area contributed by atoms with Crippen LogP contribution in [0.4, 0.5) is 0 Å². The molecule has 1 saturated heterocycles. The fraction of sp³-hybridized carbons (Fsp3) is 0.526. The molecule has 0 N–H and O–H groups in total. The molecule has 0 unspecified atom stereocenters. The number of ether oxygens (including phenoxy) is 1. The molecule has 1 aromatic carbocycles. The first-order chi connectivity index (χ1) is 12.5. The lowest BCUT2D eigenvalue weighted by atomic mass is 10.2. The molecule has 1 atom stereocenters. The van der Waals surface area contributed by atoms with Crippen LogP contribution in [0.2, 0.25) is 0 Å². The third kappa shape index (κ3) is 4.72. The summed E-state index contributed by atoms with van der Waals surface area (Å²) in [5, 5.41) is 0.138. The van der Waals surface area contributed by atoms with Gasteiger partial charge in [-0.1, -0.05) is 37.3 Å². The summed E-state index contributed by atoms with van der Waals surface area (Å²) in [6.07, 6.45) is 4.96. The van der Waals surface area contributed by atoms with Crippen LogP contribution >= 0.6 is 0 Å². The Morgan fingerprint density at radius 2 is 2.04 bits per heavy atom. The SMILES string of the molecule is CCN(Cc1ccccc1)Cc1cnc(S(C)(=O)=O)n1C[C@@H]1CCCO1. The summed E-state index contributed by atoms with van der Waals surface area (Å²) in [4.78, 5) is 6.50. The van der Waals surface area contributed by atoms with Gasteiger partial charge in [0.2, 0.25) is 15.0 Å². The summed E-state index contributed by atoms with van der Waals surface area (Å²) in [5.74, 6) is 0. The van der Waals surface area contributed by atoms with Gasteiger partial charge in [0.25, 0.3) is 0 Å². The predicted molar refractivity (Wildman–Crippen MR) is 101 cm³/mol. The van der Waals surface area contributed by atoms with Crippen LogP contribution < -0.4 is 0 Å². The standard InChI is InChI=1S/C19H27N3O3S/c1-3-21(13-16-8-5-4-6-9-16)14-17-12-20-19(26(2,23)24)22(17)15-18-10-7-11-25-18/h4-6,8-9,12,18H,3,7,10-11,13-15H2,1-2H3/t18-/m0/s1. The zero-order valence-corrected chi connectivity index (χ0v) is 16.3. The molecule has 0 aliphatic carbocycles. The van der Waals surface area contributed by atoms with E-state index in [2.05, 4.69) is 28.9 Å². The van der Waals surface area contributed by atoms with E-state index in [0.29, 0.717) is 13.1 Å². The van der Waals surface area contributed by atoms with E-state index in [9.17, 15) is 8.42 Å². The fourth-order valence-electron chi connectivity index (χ4n) is 3.35. The predicted octanol–water partition coefficient (Wildman–Crippen LogP) is 2.49. The highest BCUT2D eigenvalue weighted by Crippen LogP contribution is 2.20. The first-order valence-corrected chi connectivity index (χ1v) is 11.0. The van der Waals surface area contributed by atoms with Gasteiger partial charge in [0, 0.05) is 26.0 Å². The van der Waals surface area contributed by atoms with E-state index in [-0.39, 0.29) is 11.3 Å². The second-order valence-corrected chi connectivity index (χ2v) is 8.75. The Morgan fingerprint density at radius 1 is 1.27 bits per heavy atom. The first kappa shape index (κ1) is 19.1. The molecule has 1 aliphatic heterocycles. The van der Waals surface area contributed by atoms with Crippen LogP contribution in [-0.4, -0.2) is 48.4 Å². The zero-order chi connectivity index (χ0) is 18.6. The number of sulfone groups is 1. The molecule has 1 aliphatic rings. The third-order valence-corrected chi connectivity index (χ3v) is 5.71. The Bertz CT molecular complexity index is 812. The highest BCUT2D eigenvalue weighted by molar-refractivity contribution is 7.90. The van der Waals surface area contributed by atoms with Gasteiger partial charge in [-0.05, 0) is 24.9 Å². The van der Waals surface area contributed by atoms with Gasteiger partial charge in [-0.3, -0.25) is 4.90 Å². The van der Waals surface area contributed by atoms with Crippen molar-refractivity contribution in [3.05, 3.63) is 47.8 Å². The van der Waals surface area contributed by atoms with Crippen LogP contribution in [0.3, 0.4) is 0 Å². The molecule has 142 valence electrons. The molecular formula is C19H27N3O3S. The number of rotatable bonds is 8. The maximum atomic E-state index is 12.1. The molecule has 2 heterocycles. The van der Waals surface area contributed by atoms with E-state index in [1.165, 1.54) is 11.8 Å². The number of nitrogens with zero attached hydrogens (tertiary/aromatic N) is 3. The molecule has 0 bridgehead atoms. The topological polar surface area (TPSA) is 64.4 Å². The molecular weight excluding hydrogens is 350 g/mol. The number of hydrogen-bond donors (Lipinski definition) is 0. The van der Waals surface area contributed by atoms with E-state index < -0.39 is 9.84 Å². The monoisotopic (exact) mass is 377 g/mol. The van der Waals surface area contributed by atoms with Crippen molar-refractivity contribution in [3.8, 4) is 0 Å². The Balaban J connectivity index is 1.82. The highest BCUT2D eigenvalue weighted by Gasteiger charge is 2.24. The summed E-state index contributed by atoms with van der Waals surface area (Å²) in [6.45, 7) is 5.74. The van der Waals surface area contributed by atoms with Crippen LogP contribution in [0.1, 0.15) is 31.0 Å². The maximum Gasteiger partial charge on any atom is 0.227 e. The summed E-state index contributed by atoms with van der Waals surface area (Å²) in [5.41, 5.74) is 2.15. The van der Waals surface area contributed by atoms with E-state index >= 15 is 0 Å². The average molecular weight is 378 g/mol. The Kier molecular flexibility index (Phi) is 6.11. The summed E-state index contributed by atoms with van der Waals surface area (Å²) < 4.78 is 31.8. The lowest BCUT2D eigenvalue weighted by Crippen LogP contribution is -2.26. The molecule has 7 heteroatoms. The third-order valence-electron chi connectivity index (χ3n) is 4.73. The molecule has 6 nitrogen and oxygen atoms in total. The number of benzene rings is 1. The van der Waals surface area contributed by atoms with Gasteiger partial charge >= 0.3 is 0 Å². The molecule has 0 saturated carbocycles. The smallest absolute Gasteiger partial charge is 0.227 e. The molecule has 1 aromatic heterocycles. The maximum absolute atomic E-state index is 12.1.